The Kier molecular flexibility index (Phi) is 2.35. The van der Waals surface area contributed by atoms with E-state index in [1.54, 1.807) is 0 Å². The van der Waals surface area contributed by atoms with Crippen LogP contribution in [0, 0.1) is 42.4 Å². The third-order valence-electron chi connectivity index (χ3n) is 6.34. The second kappa shape index (κ2) is 4.09. The van der Waals surface area contributed by atoms with E-state index in [1.165, 1.54) is 11.3 Å². The fourth-order valence-electron chi connectivity index (χ4n) is 5.13. The van der Waals surface area contributed by atoms with Crippen molar-refractivity contribution in [2.24, 2.45) is 35.5 Å². The Morgan fingerprint density at radius 1 is 1.00 bits per heavy atom. The third kappa shape index (κ3) is 1.47. The normalized spacial score (nSPS) is 40.9. The van der Waals surface area contributed by atoms with Crippen molar-refractivity contribution in [1.29, 1.82) is 0 Å². The molecule has 4 aliphatic carbocycles. The van der Waals surface area contributed by atoms with E-state index in [4.69, 9.17) is 0 Å². The quantitative estimate of drug-likeness (QED) is 0.621. The fourth-order valence-corrected chi connectivity index (χ4v) is 5.13. The molecule has 0 unspecified atom stereocenters. The fraction of sp³-hybridized carbons (Fsp3) is 0.474. The molecule has 0 spiro atoms. The standard InChI is InChI=1S/C19H19NO2/c1-10-4-2-3-5-11(10)9-20-18(21)16-12-6-7-13(15-8-14(12)15)17(16)19(20)22/h2-7,12-17H,8-9H2,1H3/t12-,13-,14-,15-,16-,17+/m0/s1. The largest absolute Gasteiger partial charge is 0.278 e. The van der Waals surface area contributed by atoms with Gasteiger partial charge in [-0.25, -0.2) is 0 Å². The average Bonchev–Trinajstić information content (AvgIpc) is 3.30. The third-order valence-corrected chi connectivity index (χ3v) is 6.34. The van der Waals surface area contributed by atoms with Crippen LogP contribution in [-0.4, -0.2) is 16.7 Å². The van der Waals surface area contributed by atoms with Gasteiger partial charge < -0.3 is 0 Å². The topological polar surface area (TPSA) is 37.4 Å². The monoisotopic (exact) mass is 293 g/mol. The molecule has 1 aromatic carbocycles. The van der Waals surface area contributed by atoms with Crippen LogP contribution in [0.1, 0.15) is 17.5 Å². The molecule has 2 amide bonds. The van der Waals surface area contributed by atoms with Crippen LogP contribution in [0.15, 0.2) is 36.4 Å². The lowest BCUT2D eigenvalue weighted by Gasteiger charge is -2.37. The first kappa shape index (κ1) is 12.6. The van der Waals surface area contributed by atoms with Crippen molar-refractivity contribution in [3.8, 4) is 0 Å². The number of carbonyl (C=O) groups excluding carboxylic acids is 2. The number of benzene rings is 1. The number of hydrogen-bond donors (Lipinski definition) is 0. The number of imide groups is 1. The van der Waals surface area contributed by atoms with E-state index in [9.17, 15) is 9.59 Å². The van der Waals surface area contributed by atoms with Gasteiger partial charge in [0, 0.05) is 0 Å². The maximum atomic E-state index is 12.9. The molecule has 2 bridgehead atoms. The predicted molar refractivity (Wildman–Crippen MR) is 81.4 cm³/mol. The van der Waals surface area contributed by atoms with Crippen molar-refractivity contribution in [3.63, 3.8) is 0 Å². The van der Waals surface area contributed by atoms with Gasteiger partial charge in [0.2, 0.25) is 11.8 Å². The summed E-state index contributed by atoms with van der Waals surface area (Å²) in [5, 5.41) is 0. The summed E-state index contributed by atoms with van der Waals surface area (Å²) in [6.45, 7) is 2.47. The molecule has 112 valence electrons. The minimum absolute atomic E-state index is 0.0722. The molecule has 3 nitrogen and oxygen atoms in total. The minimum atomic E-state index is -0.0738. The maximum Gasteiger partial charge on any atom is 0.234 e. The van der Waals surface area contributed by atoms with Crippen molar-refractivity contribution < 1.29 is 9.59 Å². The molecule has 0 N–H and O–H groups in total. The van der Waals surface area contributed by atoms with Gasteiger partial charge in [0.1, 0.15) is 0 Å². The SMILES string of the molecule is Cc1ccccc1CN1C(=O)[C@@H]2[C@H]3C=C[C@@H]([C@@H]4C[C@@H]34)[C@@H]2C1=O. The molecule has 6 atom stereocenters. The van der Waals surface area contributed by atoms with E-state index in [0.717, 1.165) is 11.1 Å². The van der Waals surface area contributed by atoms with Gasteiger partial charge in [-0.2, -0.15) is 0 Å². The number of allylic oxidation sites excluding steroid dienone is 2. The van der Waals surface area contributed by atoms with Crippen molar-refractivity contribution in [3.05, 3.63) is 47.5 Å². The molecule has 1 saturated heterocycles. The van der Waals surface area contributed by atoms with Crippen LogP contribution in [0.25, 0.3) is 0 Å². The van der Waals surface area contributed by atoms with E-state index in [1.807, 2.05) is 31.2 Å². The van der Waals surface area contributed by atoms with Crippen molar-refractivity contribution in [1.82, 2.24) is 4.90 Å². The van der Waals surface area contributed by atoms with Crippen LogP contribution < -0.4 is 0 Å². The van der Waals surface area contributed by atoms with Crippen molar-refractivity contribution in [2.45, 2.75) is 19.9 Å². The Balaban J connectivity index is 1.49. The molecule has 1 heterocycles. The smallest absolute Gasteiger partial charge is 0.234 e. The Morgan fingerprint density at radius 3 is 2.18 bits per heavy atom. The van der Waals surface area contributed by atoms with Gasteiger partial charge in [0.15, 0.2) is 0 Å². The number of aryl methyl sites for hydroxylation is 1. The minimum Gasteiger partial charge on any atom is -0.278 e. The van der Waals surface area contributed by atoms with Crippen LogP contribution in [0.2, 0.25) is 0 Å². The van der Waals surface area contributed by atoms with E-state index in [-0.39, 0.29) is 23.7 Å². The Morgan fingerprint density at radius 2 is 1.59 bits per heavy atom. The van der Waals surface area contributed by atoms with Crippen LogP contribution in [0.5, 0.6) is 0 Å². The summed E-state index contributed by atoms with van der Waals surface area (Å²) >= 11 is 0. The number of amides is 2. The predicted octanol–water partition coefficient (Wildman–Crippen LogP) is 2.55. The summed E-state index contributed by atoms with van der Waals surface area (Å²) in [7, 11) is 0. The van der Waals surface area contributed by atoms with E-state index in [2.05, 4.69) is 12.2 Å². The highest BCUT2D eigenvalue weighted by molar-refractivity contribution is 6.06. The van der Waals surface area contributed by atoms with Gasteiger partial charge in [-0.3, -0.25) is 14.5 Å². The van der Waals surface area contributed by atoms with E-state index in [0.29, 0.717) is 30.2 Å². The number of carbonyl (C=O) groups is 2. The molecule has 3 fully saturated rings. The Bertz CT molecular complexity index is 686. The summed E-state index contributed by atoms with van der Waals surface area (Å²) in [5.74, 6) is 1.98. The second-order valence-electron chi connectivity index (χ2n) is 7.34. The van der Waals surface area contributed by atoms with Gasteiger partial charge in [-0.1, -0.05) is 36.4 Å². The van der Waals surface area contributed by atoms with E-state index < -0.39 is 0 Å². The molecule has 1 aromatic rings. The molecular formula is C19H19NO2. The van der Waals surface area contributed by atoms with Crippen LogP contribution >= 0.6 is 0 Å². The van der Waals surface area contributed by atoms with Crippen LogP contribution in [0.3, 0.4) is 0 Å². The molecule has 1 aliphatic heterocycles. The van der Waals surface area contributed by atoms with Gasteiger partial charge in [0.05, 0.1) is 18.4 Å². The van der Waals surface area contributed by atoms with Crippen molar-refractivity contribution >= 4 is 11.8 Å². The van der Waals surface area contributed by atoms with Gasteiger partial charge >= 0.3 is 0 Å². The highest BCUT2D eigenvalue weighted by atomic mass is 16.2. The summed E-state index contributed by atoms with van der Waals surface area (Å²) in [6.07, 6.45) is 5.67. The summed E-state index contributed by atoms with van der Waals surface area (Å²) < 4.78 is 0. The van der Waals surface area contributed by atoms with Crippen LogP contribution in [-0.2, 0) is 16.1 Å². The molecule has 0 aromatic heterocycles. The zero-order chi connectivity index (χ0) is 15.0. The molecular weight excluding hydrogens is 274 g/mol. The first-order valence-corrected chi connectivity index (χ1v) is 8.25. The summed E-state index contributed by atoms with van der Waals surface area (Å²) in [5.41, 5.74) is 2.22. The molecule has 0 radical (unpaired) electrons. The first-order chi connectivity index (χ1) is 10.7. The summed E-state index contributed by atoms with van der Waals surface area (Å²) in [6, 6.07) is 8.01. The molecule has 2 saturated carbocycles. The number of likely N-dealkylation sites (tertiary alicyclic amines) is 1. The summed E-state index contributed by atoms with van der Waals surface area (Å²) in [4.78, 5) is 27.3. The highest BCUT2D eigenvalue weighted by Gasteiger charge is 2.66. The Hall–Kier alpha value is -1.90. The lowest BCUT2D eigenvalue weighted by atomic mass is 9.63. The lowest BCUT2D eigenvalue weighted by molar-refractivity contribution is -0.140. The number of hydrogen-bond acceptors (Lipinski definition) is 2. The van der Waals surface area contributed by atoms with Crippen molar-refractivity contribution in [2.75, 3.05) is 0 Å². The zero-order valence-corrected chi connectivity index (χ0v) is 12.6. The van der Waals surface area contributed by atoms with Crippen LogP contribution in [0.4, 0.5) is 0 Å². The second-order valence-corrected chi connectivity index (χ2v) is 7.34. The molecule has 3 heteroatoms. The lowest BCUT2D eigenvalue weighted by Crippen LogP contribution is -2.40. The first-order valence-electron chi connectivity index (χ1n) is 8.25. The van der Waals surface area contributed by atoms with E-state index >= 15 is 0 Å². The van der Waals surface area contributed by atoms with Gasteiger partial charge in [-0.15, -0.1) is 0 Å². The van der Waals surface area contributed by atoms with Gasteiger partial charge in [0.25, 0.3) is 0 Å². The zero-order valence-electron chi connectivity index (χ0n) is 12.6. The maximum absolute atomic E-state index is 12.9. The number of rotatable bonds is 2. The number of nitrogens with zero attached hydrogens (tertiary/aromatic N) is 1. The average molecular weight is 293 g/mol. The Labute approximate surface area is 130 Å². The van der Waals surface area contributed by atoms with Gasteiger partial charge in [-0.05, 0) is 48.1 Å². The molecule has 22 heavy (non-hydrogen) atoms. The molecule has 5 aliphatic rings. The highest BCUT2D eigenvalue weighted by Crippen LogP contribution is 2.65. The molecule has 6 rings (SSSR count).